The smallest absolute Gasteiger partial charge is 0.239 e. The van der Waals surface area contributed by atoms with Gasteiger partial charge in [-0.25, -0.2) is 4.98 Å². The van der Waals surface area contributed by atoms with E-state index >= 15 is 0 Å². The van der Waals surface area contributed by atoms with Crippen LogP contribution in [-0.2, 0) is 4.79 Å². The van der Waals surface area contributed by atoms with Crippen molar-refractivity contribution in [1.29, 1.82) is 0 Å². The summed E-state index contributed by atoms with van der Waals surface area (Å²) in [6.45, 7) is 6.16. The molecule has 2 aromatic rings. The standard InChI is InChI=1S/C24H34N4O/c1-16(2)28-22-12-6-5-11-20(22)26-23(28)18-9-7-13-27(15-18)24(29)21-14-17-8-3-4-10-19(17)25-21/h5-6,11-12,16-19,21,25H,3-4,7-10,13-15H2,1-2H3. The van der Waals surface area contributed by atoms with Crippen LogP contribution in [0, 0.1) is 5.92 Å². The fraction of sp³-hybridized carbons (Fsp3) is 0.667. The Morgan fingerprint density at radius 1 is 1.14 bits per heavy atom. The number of piperidine rings is 1. The van der Waals surface area contributed by atoms with Gasteiger partial charge in [0.1, 0.15) is 5.82 Å². The minimum absolute atomic E-state index is 0.0331. The predicted octanol–water partition coefficient (Wildman–Crippen LogP) is 4.24. The molecule has 0 bridgehead atoms. The molecule has 1 aliphatic carbocycles. The van der Waals surface area contributed by atoms with Crippen LogP contribution in [-0.4, -0.2) is 45.5 Å². The van der Waals surface area contributed by atoms with Crippen LogP contribution >= 0.6 is 0 Å². The van der Waals surface area contributed by atoms with Crippen molar-refractivity contribution < 1.29 is 4.79 Å². The van der Waals surface area contributed by atoms with Crippen LogP contribution in [0.5, 0.6) is 0 Å². The lowest BCUT2D eigenvalue weighted by atomic mass is 9.85. The molecule has 5 nitrogen and oxygen atoms in total. The molecule has 1 aromatic heterocycles. The molecule has 4 unspecified atom stereocenters. The molecule has 0 spiro atoms. The number of carbonyl (C=O) groups is 1. The van der Waals surface area contributed by atoms with E-state index in [1.54, 1.807) is 0 Å². The Kier molecular flexibility index (Phi) is 5.10. The van der Waals surface area contributed by atoms with Gasteiger partial charge in [-0.3, -0.25) is 4.79 Å². The molecule has 3 heterocycles. The molecular formula is C24H34N4O. The molecule has 156 valence electrons. The Morgan fingerprint density at radius 2 is 1.97 bits per heavy atom. The van der Waals surface area contributed by atoms with Crippen molar-refractivity contribution in [3.05, 3.63) is 30.1 Å². The highest BCUT2D eigenvalue weighted by Gasteiger charge is 2.40. The lowest BCUT2D eigenvalue weighted by Crippen LogP contribution is -2.48. The lowest BCUT2D eigenvalue weighted by Gasteiger charge is -2.34. The summed E-state index contributed by atoms with van der Waals surface area (Å²) in [5.74, 6) is 2.53. The van der Waals surface area contributed by atoms with E-state index in [1.807, 2.05) is 0 Å². The fourth-order valence-electron chi connectivity index (χ4n) is 6.01. The summed E-state index contributed by atoms with van der Waals surface area (Å²) in [6.07, 6.45) is 8.40. The molecule has 0 radical (unpaired) electrons. The van der Waals surface area contributed by atoms with E-state index in [9.17, 15) is 4.79 Å². The van der Waals surface area contributed by atoms with Crippen LogP contribution < -0.4 is 5.32 Å². The van der Waals surface area contributed by atoms with Crippen LogP contribution in [0.2, 0.25) is 0 Å². The van der Waals surface area contributed by atoms with Crippen molar-refractivity contribution in [2.24, 2.45) is 5.92 Å². The summed E-state index contributed by atoms with van der Waals surface area (Å²) in [5.41, 5.74) is 2.28. The SMILES string of the molecule is CC(C)n1c(C2CCCN(C(=O)C3CC4CCCCC4N3)C2)nc2ccccc21. The third-order valence-electron chi connectivity index (χ3n) is 7.40. The number of imidazole rings is 1. The van der Waals surface area contributed by atoms with Crippen molar-refractivity contribution >= 4 is 16.9 Å². The van der Waals surface area contributed by atoms with Gasteiger partial charge in [0.15, 0.2) is 0 Å². The molecule has 5 heteroatoms. The number of rotatable bonds is 3. The summed E-state index contributed by atoms with van der Waals surface area (Å²) in [5, 5.41) is 3.68. The van der Waals surface area contributed by atoms with Crippen LogP contribution in [0.3, 0.4) is 0 Å². The number of nitrogens with one attached hydrogen (secondary N) is 1. The second kappa shape index (κ2) is 7.75. The third kappa shape index (κ3) is 3.48. The highest BCUT2D eigenvalue weighted by molar-refractivity contribution is 5.82. The van der Waals surface area contributed by atoms with Gasteiger partial charge in [0, 0.05) is 31.1 Å². The molecular weight excluding hydrogens is 360 g/mol. The van der Waals surface area contributed by atoms with E-state index in [1.165, 1.54) is 31.2 Å². The minimum Gasteiger partial charge on any atom is -0.341 e. The topological polar surface area (TPSA) is 50.2 Å². The molecule has 2 saturated heterocycles. The number of benzene rings is 1. The molecule has 1 N–H and O–H groups in total. The number of amides is 1. The van der Waals surface area contributed by atoms with E-state index in [0.717, 1.165) is 43.7 Å². The zero-order valence-corrected chi connectivity index (χ0v) is 17.8. The Bertz CT molecular complexity index is 874. The van der Waals surface area contributed by atoms with Gasteiger partial charge in [-0.15, -0.1) is 0 Å². The van der Waals surface area contributed by atoms with Crippen molar-refractivity contribution in [1.82, 2.24) is 19.8 Å². The molecule has 5 rings (SSSR count). The number of hydrogen-bond acceptors (Lipinski definition) is 3. The van der Waals surface area contributed by atoms with Crippen LogP contribution in [0.4, 0.5) is 0 Å². The number of para-hydroxylation sites is 2. The summed E-state index contributed by atoms with van der Waals surface area (Å²) in [4.78, 5) is 20.5. The zero-order valence-electron chi connectivity index (χ0n) is 17.8. The van der Waals surface area contributed by atoms with Gasteiger partial charge in [-0.1, -0.05) is 25.0 Å². The highest BCUT2D eigenvalue weighted by atomic mass is 16.2. The van der Waals surface area contributed by atoms with Crippen LogP contribution in [0.15, 0.2) is 24.3 Å². The number of carbonyl (C=O) groups excluding carboxylic acids is 1. The van der Waals surface area contributed by atoms with Gasteiger partial charge in [0.05, 0.1) is 17.1 Å². The first-order chi connectivity index (χ1) is 14.1. The largest absolute Gasteiger partial charge is 0.341 e. The molecule has 1 saturated carbocycles. The predicted molar refractivity (Wildman–Crippen MR) is 116 cm³/mol. The van der Waals surface area contributed by atoms with E-state index in [0.29, 0.717) is 29.8 Å². The maximum absolute atomic E-state index is 13.3. The van der Waals surface area contributed by atoms with Gasteiger partial charge in [0.25, 0.3) is 0 Å². The monoisotopic (exact) mass is 394 g/mol. The van der Waals surface area contributed by atoms with E-state index in [-0.39, 0.29) is 6.04 Å². The van der Waals surface area contributed by atoms with Crippen molar-refractivity contribution in [3.63, 3.8) is 0 Å². The molecule has 1 aromatic carbocycles. The molecule has 3 fully saturated rings. The van der Waals surface area contributed by atoms with Gasteiger partial charge < -0.3 is 14.8 Å². The Morgan fingerprint density at radius 3 is 2.79 bits per heavy atom. The molecule has 1 amide bonds. The van der Waals surface area contributed by atoms with E-state index < -0.39 is 0 Å². The summed E-state index contributed by atoms with van der Waals surface area (Å²) >= 11 is 0. The van der Waals surface area contributed by atoms with E-state index in [2.05, 4.69) is 52.9 Å². The maximum Gasteiger partial charge on any atom is 0.239 e. The second-order valence-electron chi connectivity index (χ2n) is 9.65. The number of likely N-dealkylation sites (tertiary alicyclic amines) is 1. The average molecular weight is 395 g/mol. The molecule has 3 aliphatic rings. The zero-order chi connectivity index (χ0) is 20.0. The quantitative estimate of drug-likeness (QED) is 0.847. The third-order valence-corrected chi connectivity index (χ3v) is 7.40. The summed E-state index contributed by atoms with van der Waals surface area (Å²) in [7, 11) is 0. The average Bonchev–Trinajstić information content (AvgIpc) is 3.35. The number of aromatic nitrogens is 2. The van der Waals surface area contributed by atoms with Crippen LogP contribution in [0.1, 0.15) is 76.6 Å². The first kappa shape index (κ1) is 19.1. The van der Waals surface area contributed by atoms with Gasteiger partial charge in [0.2, 0.25) is 5.91 Å². The number of fused-ring (bicyclic) bond motifs is 2. The maximum atomic E-state index is 13.3. The van der Waals surface area contributed by atoms with Gasteiger partial charge in [-0.2, -0.15) is 0 Å². The molecule has 2 aliphatic heterocycles. The Hall–Kier alpha value is -1.88. The first-order valence-electron chi connectivity index (χ1n) is 11.6. The number of nitrogens with zero attached hydrogens (tertiary/aromatic N) is 3. The number of hydrogen-bond donors (Lipinski definition) is 1. The highest BCUT2D eigenvalue weighted by Crippen LogP contribution is 2.35. The summed E-state index contributed by atoms with van der Waals surface area (Å²) in [6, 6.07) is 9.40. The fourth-order valence-corrected chi connectivity index (χ4v) is 6.01. The Balaban J connectivity index is 1.35. The minimum atomic E-state index is 0.0331. The van der Waals surface area contributed by atoms with Crippen molar-refractivity contribution in [2.75, 3.05) is 13.1 Å². The van der Waals surface area contributed by atoms with Gasteiger partial charge in [-0.05, 0) is 64.0 Å². The second-order valence-corrected chi connectivity index (χ2v) is 9.65. The van der Waals surface area contributed by atoms with E-state index in [4.69, 9.17) is 4.98 Å². The van der Waals surface area contributed by atoms with Gasteiger partial charge >= 0.3 is 0 Å². The van der Waals surface area contributed by atoms with Crippen molar-refractivity contribution in [2.45, 2.75) is 82.8 Å². The normalized spacial score (nSPS) is 30.1. The van der Waals surface area contributed by atoms with Crippen LogP contribution in [0.25, 0.3) is 11.0 Å². The Labute approximate surface area is 173 Å². The lowest BCUT2D eigenvalue weighted by molar-refractivity contribution is -0.134. The first-order valence-corrected chi connectivity index (χ1v) is 11.6. The molecule has 4 atom stereocenters. The summed E-state index contributed by atoms with van der Waals surface area (Å²) < 4.78 is 2.39. The van der Waals surface area contributed by atoms with Crippen molar-refractivity contribution in [3.8, 4) is 0 Å². The molecule has 29 heavy (non-hydrogen) atoms.